The number of nitrogens with one attached hydrogen (secondary N) is 1. The van der Waals surface area contributed by atoms with E-state index < -0.39 is 0 Å². The van der Waals surface area contributed by atoms with Crippen molar-refractivity contribution in [3.63, 3.8) is 0 Å². The van der Waals surface area contributed by atoms with Gasteiger partial charge in [0.2, 0.25) is 0 Å². The van der Waals surface area contributed by atoms with Gasteiger partial charge in [0.25, 0.3) is 0 Å². The van der Waals surface area contributed by atoms with Crippen LogP contribution in [0.15, 0.2) is 47.3 Å². The van der Waals surface area contributed by atoms with Gasteiger partial charge in [0.1, 0.15) is 11.6 Å². The quantitative estimate of drug-likeness (QED) is 0.301. The van der Waals surface area contributed by atoms with E-state index in [0.717, 1.165) is 50.9 Å². The van der Waals surface area contributed by atoms with Gasteiger partial charge in [0, 0.05) is 22.0 Å². The summed E-state index contributed by atoms with van der Waals surface area (Å²) in [7, 11) is 1.62. The van der Waals surface area contributed by atoms with Crippen molar-refractivity contribution in [3.05, 3.63) is 52.7 Å². The van der Waals surface area contributed by atoms with Crippen molar-refractivity contribution in [3.8, 4) is 5.75 Å². The van der Waals surface area contributed by atoms with Gasteiger partial charge >= 0.3 is 0 Å². The highest BCUT2D eigenvalue weighted by atomic mass is 32.1. The molecule has 0 bridgehead atoms. The summed E-state index contributed by atoms with van der Waals surface area (Å²) in [6, 6.07) is 13.5. The fourth-order valence-electron chi connectivity index (χ4n) is 3.17. The lowest BCUT2D eigenvalue weighted by atomic mass is 10.1. The van der Waals surface area contributed by atoms with Gasteiger partial charge in [0.05, 0.1) is 22.7 Å². The molecule has 0 saturated heterocycles. The molecule has 1 N–H and O–H groups in total. The Morgan fingerprint density at radius 2 is 2.00 bits per heavy atom. The molecule has 0 fully saturated rings. The summed E-state index contributed by atoms with van der Waals surface area (Å²) in [6.45, 7) is 3.01. The van der Waals surface area contributed by atoms with Crippen molar-refractivity contribution in [2.45, 2.75) is 19.8 Å². The van der Waals surface area contributed by atoms with Crippen LogP contribution >= 0.6 is 11.3 Å². The van der Waals surface area contributed by atoms with Crippen molar-refractivity contribution in [1.82, 2.24) is 4.98 Å². The Kier molecular flexibility index (Phi) is 4.47. The number of benzene rings is 2. The van der Waals surface area contributed by atoms with E-state index in [1.54, 1.807) is 18.4 Å². The number of aromatic nitrogens is 1. The Hall–Kier alpha value is -2.66. The largest absolute Gasteiger partial charge is 0.497 e. The maximum absolute atomic E-state index is 13.3. The maximum Gasteiger partial charge on any atom is 0.196 e. The molecule has 0 aliphatic rings. The number of fused-ring (bicyclic) bond motifs is 4. The Labute approximate surface area is 155 Å². The molecule has 0 saturated carbocycles. The van der Waals surface area contributed by atoms with E-state index in [0.29, 0.717) is 11.1 Å². The van der Waals surface area contributed by atoms with Crippen LogP contribution < -0.4 is 15.5 Å². The minimum atomic E-state index is 0.0322. The van der Waals surface area contributed by atoms with Gasteiger partial charge in [-0.2, -0.15) is 0 Å². The van der Waals surface area contributed by atoms with Gasteiger partial charge in [-0.1, -0.05) is 31.5 Å². The molecule has 0 unspecified atom stereocenters. The number of hydrogen-bond donors (Lipinski definition) is 1. The van der Waals surface area contributed by atoms with Crippen molar-refractivity contribution in [2.24, 2.45) is 0 Å². The van der Waals surface area contributed by atoms with E-state index in [1.165, 1.54) is 0 Å². The monoisotopic (exact) mass is 364 g/mol. The van der Waals surface area contributed by atoms with Crippen LogP contribution in [0.1, 0.15) is 19.8 Å². The van der Waals surface area contributed by atoms with Crippen LogP contribution in [0.5, 0.6) is 5.75 Å². The fraction of sp³-hybridized carbons (Fsp3) is 0.238. The molecular formula is C21H20N2O2S. The zero-order valence-corrected chi connectivity index (χ0v) is 15.7. The molecule has 0 atom stereocenters. The second kappa shape index (κ2) is 6.92. The fourth-order valence-corrected chi connectivity index (χ4v) is 4.31. The first-order valence-electron chi connectivity index (χ1n) is 8.80. The summed E-state index contributed by atoms with van der Waals surface area (Å²) in [5.74, 6) is 1.49. The van der Waals surface area contributed by atoms with Crippen molar-refractivity contribution in [2.75, 3.05) is 19.0 Å². The van der Waals surface area contributed by atoms with Crippen LogP contribution in [0.3, 0.4) is 0 Å². The van der Waals surface area contributed by atoms with Crippen molar-refractivity contribution < 1.29 is 4.74 Å². The van der Waals surface area contributed by atoms with Gasteiger partial charge in [-0.15, -0.1) is 11.3 Å². The first-order valence-corrected chi connectivity index (χ1v) is 9.61. The number of hydrogen-bond acceptors (Lipinski definition) is 5. The lowest BCUT2D eigenvalue weighted by Crippen LogP contribution is -2.08. The van der Waals surface area contributed by atoms with Crippen LogP contribution in [0.4, 0.5) is 5.82 Å². The Morgan fingerprint density at radius 1 is 1.15 bits per heavy atom. The molecule has 0 amide bonds. The summed E-state index contributed by atoms with van der Waals surface area (Å²) in [4.78, 5) is 18.1. The predicted octanol–water partition coefficient (Wildman–Crippen LogP) is 5.18. The lowest BCUT2D eigenvalue weighted by molar-refractivity contribution is 0.415. The van der Waals surface area contributed by atoms with E-state index in [2.05, 4.69) is 12.2 Å². The lowest BCUT2D eigenvalue weighted by Gasteiger charge is -2.12. The van der Waals surface area contributed by atoms with Crippen LogP contribution in [-0.2, 0) is 0 Å². The highest BCUT2D eigenvalue weighted by Crippen LogP contribution is 2.34. The molecule has 0 spiro atoms. The number of unbranched alkanes of at least 4 members (excludes halogenated alkanes) is 1. The zero-order valence-electron chi connectivity index (χ0n) is 14.8. The molecule has 2 heterocycles. The molecule has 26 heavy (non-hydrogen) atoms. The van der Waals surface area contributed by atoms with Crippen LogP contribution in [-0.4, -0.2) is 18.6 Å². The highest BCUT2D eigenvalue weighted by Gasteiger charge is 2.15. The Bertz CT molecular complexity index is 1170. The predicted molar refractivity (Wildman–Crippen MR) is 111 cm³/mol. The van der Waals surface area contributed by atoms with Crippen molar-refractivity contribution >= 4 is 48.2 Å². The molecule has 2 aromatic carbocycles. The van der Waals surface area contributed by atoms with E-state index in [4.69, 9.17) is 9.72 Å². The van der Waals surface area contributed by atoms with E-state index in [-0.39, 0.29) is 5.43 Å². The van der Waals surface area contributed by atoms with Gasteiger partial charge in [0.15, 0.2) is 5.43 Å². The first kappa shape index (κ1) is 16.8. The molecule has 0 aliphatic carbocycles. The van der Waals surface area contributed by atoms with E-state index in [9.17, 15) is 4.79 Å². The average Bonchev–Trinajstić information content (AvgIpc) is 2.68. The van der Waals surface area contributed by atoms with Gasteiger partial charge < -0.3 is 10.1 Å². The van der Waals surface area contributed by atoms with Gasteiger partial charge in [-0.25, -0.2) is 4.98 Å². The van der Waals surface area contributed by atoms with Gasteiger partial charge in [-0.3, -0.25) is 4.79 Å². The number of para-hydroxylation sites is 1. The molecule has 2 aromatic heterocycles. The van der Waals surface area contributed by atoms with Crippen LogP contribution in [0, 0.1) is 0 Å². The van der Waals surface area contributed by atoms with E-state index in [1.807, 2.05) is 42.5 Å². The maximum atomic E-state index is 13.3. The number of anilines is 1. The summed E-state index contributed by atoms with van der Waals surface area (Å²) >= 11 is 1.60. The second-order valence-corrected chi connectivity index (χ2v) is 7.31. The van der Waals surface area contributed by atoms with Crippen LogP contribution in [0.25, 0.3) is 31.1 Å². The summed E-state index contributed by atoms with van der Waals surface area (Å²) < 4.78 is 7.17. The smallest absolute Gasteiger partial charge is 0.196 e. The standard InChI is InChI=1S/C21H20N2O2S/c1-3-4-11-22-21-20-18(14-7-5-6-8-16(14)23-21)19(24)15-12-13(25-2)9-10-17(15)26-20/h5-10,12H,3-4,11H2,1-2H3,(H,22,23). The number of methoxy groups -OCH3 is 1. The minimum absolute atomic E-state index is 0.0322. The molecule has 5 heteroatoms. The molecule has 132 valence electrons. The molecular weight excluding hydrogens is 344 g/mol. The highest BCUT2D eigenvalue weighted by molar-refractivity contribution is 7.25. The van der Waals surface area contributed by atoms with Crippen molar-refractivity contribution in [1.29, 1.82) is 0 Å². The normalized spacial score (nSPS) is 11.3. The number of rotatable bonds is 5. The number of pyridine rings is 1. The number of ether oxygens (including phenoxy) is 1. The average molecular weight is 364 g/mol. The second-order valence-electron chi connectivity index (χ2n) is 6.26. The van der Waals surface area contributed by atoms with E-state index >= 15 is 0 Å². The van der Waals surface area contributed by atoms with Crippen LogP contribution in [0.2, 0.25) is 0 Å². The zero-order chi connectivity index (χ0) is 18.1. The summed E-state index contributed by atoms with van der Waals surface area (Å²) in [6.07, 6.45) is 2.17. The summed E-state index contributed by atoms with van der Waals surface area (Å²) in [5.41, 5.74) is 0.871. The molecule has 4 aromatic rings. The van der Waals surface area contributed by atoms with Gasteiger partial charge in [-0.05, 0) is 30.7 Å². The third kappa shape index (κ3) is 2.78. The molecule has 4 rings (SSSR count). The topological polar surface area (TPSA) is 51.2 Å². The third-order valence-corrected chi connectivity index (χ3v) is 5.72. The SMILES string of the molecule is CCCCNc1nc2ccccc2c2c(=O)c3cc(OC)ccc3sc12. The number of nitrogens with zero attached hydrogens (tertiary/aromatic N) is 1. The summed E-state index contributed by atoms with van der Waals surface area (Å²) in [5, 5.41) is 5.76. The molecule has 0 radical (unpaired) electrons. The first-order chi connectivity index (χ1) is 12.7. The molecule has 4 nitrogen and oxygen atoms in total. The molecule has 0 aliphatic heterocycles. The minimum Gasteiger partial charge on any atom is -0.497 e. The third-order valence-electron chi connectivity index (χ3n) is 4.54. The Morgan fingerprint density at radius 3 is 2.81 bits per heavy atom. The Balaban J connectivity index is 2.09.